The molecule has 0 unspecified atom stereocenters. The van der Waals surface area contributed by atoms with E-state index in [0.717, 1.165) is 0 Å². The Morgan fingerprint density at radius 2 is 1.88 bits per heavy atom. The first-order valence-corrected chi connectivity index (χ1v) is 8.93. The van der Waals surface area contributed by atoms with Crippen LogP contribution in [0.25, 0.3) is 0 Å². The van der Waals surface area contributed by atoms with Crippen LogP contribution in [0.2, 0.25) is 0 Å². The minimum atomic E-state index is -1.01. The molecule has 1 amide bonds. The Morgan fingerprint density at radius 3 is 2.54 bits per heavy atom. The number of nitrogens with one attached hydrogen (secondary N) is 1. The van der Waals surface area contributed by atoms with Gasteiger partial charge in [-0.3, -0.25) is 19.2 Å². The minimum Gasteiger partial charge on any atom is -0.453 e. The number of anilines is 1. The normalized spacial score (nSPS) is 11.5. The number of hydrogen-bond acceptors (Lipinski definition) is 6. The molecule has 0 radical (unpaired) electrons. The van der Waals surface area contributed by atoms with Crippen molar-refractivity contribution in [2.45, 2.75) is 32.8 Å². The van der Waals surface area contributed by atoms with Crippen LogP contribution in [0.15, 0.2) is 41.8 Å². The monoisotopic (exact) mass is 373 g/mol. The smallest absolute Gasteiger partial charge is 0.307 e. The first-order valence-electron chi connectivity index (χ1n) is 8.05. The van der Waals surface area contributed by atoms with Crippen molar-refractivity contribution in [1.29, 1.82) is 0 Å². The number of ether oxygens (including phenoxy) is 1. The van der Waals surface area contributed by atoms with Gasteiger partial charge in [0.15, 0.2) is 17.7 Å². The summed E-state index contributed by atoms with van der Waals surface area (Å²) in [5.41, 5.74) is 0.915. The fourth-order valence-electron chi connectivity index (χ4n) is 2.15. The third kappa shape index (κ3) is 5.63. The lowest BCUT2D eigenvalue weighted by Crippen LogP contribution is -2.30. The predicted molar refractivity (Wildman–Crippen MR) is 98.5 cm³/mol. The molecule has 1 N–H and O–H groups in total. The molecular formula is C19H19NO5S. The van der Waals surface area contributed by atoms with E-state index in [1.165, 1.54) is 25.2 Å². The van der Waals surface area contributed by atoms with Crippen molar-refractivity contribution in [3.63, 3.8) is 0 Å². The third-order valence-electron chi connectivity index (χ3n) is 3.57. The number of benzene rings is 1. The van der Waals surface area contributed by atoms with Crippen molar-refractivity contribution in [2.75, 3.05) is 5.32 Å². The molecule has 2 aromatic rings. The van der Waals surface area contributed by atoms with Gasteiger partial charge in [0.1, 0.15) is 0 Å². The average molecular weight is 373 g/mol. The van der Waals surface area contributed by atoms with Gasteiger partial charge in [-0.2, -0.15) is 0 Å². The second kappa shape index (κ2) is 9.05. The number of thiophene rings is 1. The summed E-state index contributed by atoms with van der Waals surface area (Å²) >= 11 is 1.32. The van der Waals surface area contributed by atoms with Crippen LogP contribution in [-0.4, -0.2) is 29.5 Å². The molecule has 1 atom stereocenters. The van der Waals surface area contributed by atoms with E-state index >= 15 is 0 Å². The molecular weight excluding hydrogens is 354 g/mol. The van der Waals surface area contributed by atoms with Gasteiger partial charge in [-0.15, -0.1) is 11.3 Å². The first-order chi connectivity index (χ1) is 12.4. The van der Waals surface area contributed by atoms with E-state index < -0.39 is 18.0 Å². The molecule has 0 fully saturated rings. The van der Waals surface area contributed by atoms with Crippen LogP contribution in [0.5, 0.6) is 0 Å². The topological polar surface area (TPSA) is 89.5 Å². The number of hydrogen-bond donors (Lipinski definition) is 1. The Balaban J connectivity index is 1.82. The van der Waals surface area contributed by atoms with Gasteiger partial charge >= 0.3 is 5.97 Å². The summed E-state index contributed by atoms with van der Waals surface area (Å²) in [7, 11) is 0. The number of esters is 1. The Morgan fingerprint density at radius 1 is 1.12 bits per heavy atom. The highest BCUT2D eigenvalue weighted by Crippen LogP contribution is 2.14. The highest BCUT2D eigenvalue weighted by atomic mass is 32.1. The summed E-state index contributed by atoms with van der Waals surface area (Å²) in [6, 6.07) is 9.95. The van der Waals surface area contributed by atoms with Crippen molar-refractivity contribution in [3.8, 4) is 0 Å². The fourth-order valence-corrected chi connectivity index (χ4v) is 2.84. The minimum absolute atomic E-state index is 0.0361. The molecule has 7 heteroatoms. The van der Waals surface area contributed by atoms with E-state index in [9.17, 15) is 19.2 Å². The quantitative estimate of drug-likeness (QED) is 0.565. The fraction of sp³-hybridized carbons (Fsp3) is 0.263. The SMILES string of the molecule is CC(=O)c1cccc(NC(=O)[C@@H](C)OC(=O)CCC(=O)c2cccs2)c1. The molecule has 26 heavy (non-hydrogen) atoms. The molecule has 2 rings (SSSR count). The van der Waals surface area contributed by atoms with Crippen molar-refractivity contribution in [3.05, 3.63) is 52.2 Å². The summed E-state index contributed by atoms with van der Waals surface area (Å²) in [6.07, 6.45) is -1.07. The largest absolute Gasteiger partial charge is 0.453 e. The van der Waals surface area contributed by atoms with Crippen molar-refractivity contribution < 1.29 is 23.9 Å². The van der Waals surface area contributed by atoms with Gasteiger partial charge < -0.3 is 10.1 Å². The van der Waals surface area contributed by atoms with Crippen molar-refractivity contribution in [2.24, 2.45) is 0 Å². The van der Waals surface area contributed by atoms with Gasteiger partial charge in [0, 0.05) is 17.7 Å². The Hall–Kier alpha value is -2.80. The third-order valence-corrected chi connectivity index (χ3v) is 4.48. The molecule has 0 bridgehead atoms. The maximum absolute atomic E-state index is 12.1. The zero-order valence-electron chi connectivity index (χ0n) is 14.5. The summed E-state index contributed by atoms with van der Waals surface area (Å²) in [5.74, 6) is -1.37. The van der Waals surface area contributed by atoms with E-state index in [2.05, 4.69) is 5.32 Å². The lowest BCUT2D eigenvalue weighted by molar-refractivity contribution is -0.153. The lowest BCUT2D eigenvalue weighted by atomic mass is 10.1. The number of carbonyl (C=O) groups is 4. The number of carbonyl (C=O) groups excluding carboxylic acids is 4. The van der Waals surface area contributed by atoms with E-state index in [1.807, 2.05) is 0 Å². The van der Waals surface area contributed by atoms with Crippen LogP contribution in [0.3, 0.4) is 0 Å². The van der Waals surface area contributed by atoms with Crippen LogP contribution < -0.4 is 5.32 Å². The highest BCUT2D eigenvalue weighted by Gasteiger charge is 2.19. The second-order valence-corrected chi connectivity index (χ2v) is 6.61. The molecule has 1 heterocycles. The van der Waals surface area contributed by atoms with Gasteiger partial charge in [-0.25, -0.2) is 0 Å². The molecule has 136 valence electrons. The zero-order chi connectivity index (χ0) is 19.1. The van der Waals surface area contributed by atoms with Gasteiger partial charge in [0.05, 0.1) is 11.3 Å². The maximum Gasteiger partial charge on any atom is 0.307 e. The van der Waals surface area contributed by atoms with Gasteiger partial charge in [0.2, 0.25) is 0 Å². The lowest BCUT2D eigenvalue weighted by Gasteiger charge is -2.13. The van der Waals surface area contributed by atoms with Crippen LogP contribution in [0.4, 0.5) is 5.69 Å². The summed E-state index contributed by atoms with van der Waals surface area (Å²) in [6.45, 7) is 2.88. The number of rotatable bonds is 8. The Bertz CT molecular complexity index is 813. The number of amides is 1. The molecule has 0 saturated carbocycles. The van der Waals surface area contributed by atoms with E-state index in [4.69, 9.17) is 4.74 Å². The molecule has 6 nitrogen and oxygen atoms in total. The van der Waals surface area contributed by atoms with Gasteiger partial charge in [-0.1, -0.05) is 18.2 Å². The summed E-state index contributed by atoms with van der Waals surface area (Å²) < 4.78 is 5.06. The molecule has 0 aliphatic rings. The molecule has 0 saturated heterocycles. The maximum atomic E-state index is 12.1. The predicted octanol–water partition coefficient (Wildman–Crippen LogP) is 3.48. The molecule has 0 aliphatic carbocycles. The second-order valence-electron chi connectivity index (χ2n) is 5.66. The van der Waals surface area contributed by atoms with E-state index in [0.29, 0.717) is 16.1 Å². The van der Waals surface area contributed by atoms with E-state index in [1.54, 1.807) is 41.8 Å². The Labute approximate surface area is 155 Å². The highest BCUT2D eigenvalue weighted by molar-refractivity contribution is 7.12. The van der Waals surface area contributed by atoms with Crippen LogP contribution in [-0.2, 0) is 14.3 Å². The van der Waals surface area contributed by atoms with Crippen LogP contribution >= 0.6 is 11.3 Å². The Kier molecular flexibility index (Phi) is 6.80. The van der Waals surface area contributed by atoms with Crippen LogP contribution in [0.1, 0.15) is 46.7 Å². The average Bonchev–Trinajstić information content (AvgIpc) is 3.14. The molecule has 1 aromatic heterocycles. The van der Waals surface area contributed by atoms with E-state index in [-0.39, 0.29) is 24.4 Å². The summed E-state index contributed by atoms with van der Waals surface area (Å²) in [4.78, 5) is 47.8. The number of ketones is 2. The molecule has 0 spiro atoms. The van der Waals surface area contributed by atoms with Crippen molar-refractivity contribution >= 4 is 40.5 Å². The van der Waals surface area contributed by atoms with Crippen LogP contribution in [0, 0.1) is 0 Å². The molecule has 0 aliphatic heterocycles. The van der Waals surface area contributed by atoms with Gasteiger partial charge in [-0.05, 0) is 37.4 Å². The van der Waals surface area contributed by atoms with Crippen molar-refractivity contribution in [1.82, 2.24) is 0 Å². The molecule has 1 aromatic carbocycles. The number of Topliss-reactive ketones (excluding diaryl/α,β-unsaturated/α-hetero) is 2. The van der Waals surface area contributed by atoms with Gasteiger partial charge in [0.25, 0.3) is 5.91 Å². The standard InChI is InChI=1S/C19H19NO5S/c1-12(21)14-5-3-6-15(11-14)20-19(24)13(2)25-18(23)9-8-16(22)17-7-4-10-26-17/h3-7,10-11,13H,8-9H2,1-2H3,(H,20,24)/t13-/m1/s1. The summed E-state index contributed by atoms with van der Waals surface area (Å²) in [5, 5.41) is 4.39. The first kappa shape index (κ1) is 19.5. The zero-order valence-corrected chi connectivity index (χ0v) is 15.3.